The van der Waals surface area contributed by atoms with Gasteiger partial charge in [0.1, 0.15) is 0 Å². The van der Waals surface area contributed by atoms with Gasteiger partial charge in [-0.3, -0.25) is 0 Å². The number of hydrogen-bond donors (Lipinski definition) is 0. The van der Waals surface area contributed by atoms with Gasteiger partial charge in [-0.05, 0) is 48.9 Å². The number of rotatable bonds is 0. The van der Waals surface area contributed by atoms with Crippen LogP contribution in [-0.2, 0) is 0 Å². The molecule has 1 atom stereocenters. The van der Waals surface area contributed by atoms with Crippen molar-refractivity contribution < 1.29 is 0 Å². The molecule has 1 unspecified atom stereocenters. The van der Waals surface area contributed by atoms with Crippen molar-refractivity contribution in [2.24, 2.45) is 16.7 Å². The van der Waals surface area contributed by atoms with Crippen LogP contribution in [0.4, 0.5) is 0 Å². The van der Waals surface area contributed by atoms with Crippen LogP contribution in [-0.4, -0.2) is 0 Å². The van der Waals surface area contributed by atoms with Crippen LogP contribution in [0.2, 0.25) is 0 Å². The third kappa shape index (κ3) is 2.08. The molecule has 2 aliphatic carbocycles. The van der Waals surface area contributed by atoms with Crippen LogP contribution in [0.5, 0.6) is 0 Å². The Balaban J connectivity index is 2.03. The molecule has 0 heteroatoms. The van der Waals surface area contributed by atoms with Crippen molar-refractivity contribution in [2.75, 3.05) is 0 Å². The van der Waals surface area contributed by atoms with Crippen molar-refractivity contribution in [1.82, 2.24) is 0 Å². The highest BCUT2D eigenvalue weighted by Crippen LogP contribution is 2.58. The molecule has 0 aromatic carbocycles. The van der Waals surface area contributed by atoms with Gasteiger partial charge in [0.25, 0.3) is 0 Å². The Bertz CT molecular complexity index is 181. The van der Waals surface area contributed by atoms with Crippen LogP contribution in [0, 0.1) is 16.7 Å². The van der Waals surface area contributed by atoms with Crippen molar-refractivity contribution in [3.63, 3.8) is 0 Å². The SMILES string of the molecule is CC(C)(C)C1CCCCC2(CC2)C1. The molecule has 0 N–H and O–H groups in total. The lowest BCUT2D eigenvalue weighted by molar-refractivity contribution is 0.186. The smallest absolute Gasteiger partial charge is 0.0294 e. The molecule has 0 aromatic rings. The summed E-state index contributed by atoms with van der Waals surface area (Å²) >= 11 is 0. The second kappa shape index (κ2) is 3.00. The van der Waals surface area contributed by atoms with E-state index in [4.69, 9.17) is 0 Å². The molecule has 2 fully saturated rings. The lowest BCUT2D eigenvalue weighted by Gasteiger charge is -2.32. The van der Waals surface area contributed by atoms with Crippen molar-refractivity contribution in [3.05, 3.63) is 0 Å². The fraction of sp³-hybridized carbons (Fsp3) is 1.00. The highest BCUT2D eigenvalue weighted by atomic mass is 14.5. The van der Waals surface area contributed by atoms with E-state index < -0.39 is 0 Å². The lowest BCUT2D eigenvalue weighted by Crippen LogP contribution is -2.22. The van der Waals surface area contributed by atoms with E-state index in [2.05, 4.69) is 20.8 Å². The van der Waals surface area contributed by atoms with E-state index in [9.17, 15) is 0 Å². The van der Waals surface area contributed by atoms with Gasteiger partial charge in [-0.2, -0.15) is 0 Å². The summed E-state index contributed by atoms with van der Waals surface area (Å²) < 4.78 is 0. The molecule has 0 bridgehead atoms. The summed E-state index contributed by atoms with van der Waals surface area (Å²) in [5.74, 6) is 0.998. The molecular formula is C13H24. The standard InChI is InChI=1S/C13H24/c1-12(2,3)11-6-4-5-7-13(10-11)8-9-13/h11H,4-10H2,1-3H3. The predicted octanol–water partition coefficient (Wildman–Crippen LogP) is 4.39. The van der Waals surface area contributed by atoms with E-state index in [0.717, 1.165) is 11.3 Å². The average molecular weight is 180 g/mol. The minimum atomic E-state index is 0.555. The van der Waals surface area contributed by atoms with Gasteiger partial charge < -0.3 is 0 Å². The van der Waals surface area contributed by atoms with Crippen molar-refractivity contribution >= 4 is 0 Å². The van der Waals surface area contributed by atoms with E-state index in [1.807, 2.05) is 0 Å². The van der Waals surface area contributed by atoms with Crippen LogP contribution in [0.1, 0.15) is 65.7 Å². The molecule has 2 aliphatic rings. The molecule has 0 heterocycles. The monoisotopic (exact) mass is 180 g/mol. The van der Waals surface area contributed by atoms with E-state index in [1.54, 1.807) is 19.3 Å². The molecule has 0 nitrogen and oxygen atoms in total. The molecule has 2 saturated carbocycles. The van der Waals surface area contributed by atoms with Gasteiger partial charge in [0.2, 0.25) is 0 Å². The van der Waals surface area contributed by atoms with Gasteiger partial charge in [-0.15, -0.1) is 0 Å². The van der Waals surface area contributed by atoms with Crippen molar-refractivity contribution in [3.8, 4) is 0 Å². The normalized spacial score (nSPS) is 33.0. The van der Waals surface area contributed by atoms with Gasteiger partial charge in [0, 0.05) is 0 Å². The van der Waals surface area contributed by atoms with Crippen LogP contribution in [0.15, 0.2) is 0 Å². The summed E-state index contributed by atoms with van der Waals surface area (Å²) in [4.78, 5) is 0. The summed E-state index contributed by atoms with van der Waals surface area (Å²) in [7, 11) is 0. The van der Waals surface area contributed by atoms with E-state index in [1.165, 1.54) is 25.7 Å². The first-order chi connectivity index (χ1) is 6.02. The van der Waals surface area contributed by atoms with Gasteiger partial charge in [0.15, 0.2) is 0 Å². The summed E-state index contributed by atoms with van der Waals surface area (Å²) in [5, 5.41) is 0. The summed E-state index contributed by atoms with van der Waals surface area (Å²) in [6.07, 6.45) is 10.6. The molecule has 2 rings (SSSR count). The van der Waals surface area contributed by atoms with E-state index in [-0.39, 0.29) is 0 Å². The Morgan fingerprint density at radius 1 is 1.00 bits per heavy atom. The Labute approximate surface area is 83.1 Å². The molecule has 0 amide bonds. The largest absolute Gasteiger partial charge is 0.0599 e. The molecule has 0 aromatic heterocycles. The number of hydrogen-bond acceptors (Lipinski definition) is 0. The molecule has 0 aliphatic heterocycles. The first-order valence-corrected chi connectivity index (χ1v) is 6.02. The first kappa shape index (κ1) is 9.55. The maximum Gasteiger partial charge on any atom is -0.0294 e. The fourth-order valence-corrected chi connectivity index (χ4v) is 2.99. The topological polar surface area (TPSA) is 0 Å². The molecule has 1 spiro atoms. The highest BCUT2D eigenvalue weighted by molar-refractivity contribution is 4.97. The maximum absolute atomic E-state index is 2.43. The first-order valence-electron chi connectivity index (χ1n) is 6.02. The zero-order valence-electron chi connectivity index (χ0n) is 9.53. The molecule has 76 valence electrons. The van der Waals surface area contributed by atoms with Gasteiger partial charge in [0.05, 0.1) is 0 Å². The average Bonchev–Trinajstić information content (AvgIpc) is 2.78. The molecular weight excluding hydrogens is 156 g/mol. The molecule has 13 heavy (non-hydrogen) atoms. The summed E-state index contributed by atoms with van der Waals surface area (Å²) in [5.41, 5.74) is 1.40. The van der Waals surface area contributed by atoms with Gasteiger partial charge in [-0.25, -0.2) is 0 Å². The lowest BCUT2D eigenvalue weighted by atomic mass is 9.74. The van der Waals surface area contributed by atoms with Gasteiger partial charge >= 0.3 is 0 Å². The third-order valence-electron chi connectivity index (χ3n) is 4.37. The van der Waals surface area contributed by atoms with Crippen LogP contribution >= 0.6 is 0 Å². The van der Waals surface area contributed by atoms with Crippen LogP contribution in [0.3, 0.4) is 0 Å². The predicted molar refractivity (Wildman–Crippen MR) is 57.7 cm³/mol. The molecule has 0 saturated heterocycles. The van der Waals surface area contributed by atoms with Crippen molar-refractivity contribution in [2.45, 2.75) is 65.7 Å². The minimum Gasteiger partial charge on any atom is -0.0599 e. The second-order valence-electron chi connectivity index (χ2n) is 6.51. The maximum atomic E-state index is 2.43. The van der Waals surface area contributed by atoms with Gasteiger partial charge in [-0.1, -0.05) is 33.6 Å². The van der Waals surface area contributed by atoms with E-state index >= 15 is 0 Å². The Morgan fingerprint density at radius 2 is 1.69 bits per heavy atom. The summed E-state index contributed by atoms with van der Waals surface area (Å²) in [6.45, 7) is 7.29. The fourth-order valence-electron chi connectivity index (χ4n) is 2.99. The van der Waals surface area contributed by atoms with E-state index in [0.29, 0.717) is 5.41 Å². The second-order valence-corrected chi connectivity index (χ2v) is 6.51. The van der Waals surface area contributed by atoms with Crippen molar-refractivity contribution in [1.29, 1.82) is 0 Å². The highest BCUT2D eigenvalue weighted by Gasteiger charge is 2.46. The van der Waals surface area contributed by atoms with Crippen LogP contribution < -0.4 is 0 Å². The third-order valence-corrected chi connectivity index (χ3v) is 4.37. The summed E-state index contributed by atoms with van der Waals surface area (Å²) in [6, 6.07) is 0. The van der Waals surface area contributed by atoms with Crippen LogP contribution in [0.25, 0.3) is 0 Å². The minimum absolute atomic E-state index is 0.555. The Kier molecular flexibility index (Phi) is 2.20. The Hall–Kier alpha value is 0. The Morgan fingerprint density at radius 3 is 2.23 bits per heavy atom. The quantitative estimate of drug-likeness (QED) is 0.518. The zero-order chi connectivity index (χ0) is 9.53. The molecule has 0 radical (unpaired) electrons. The zero-order valence-corrected chi connectivity index (χ0v) is 9.53.